The number of nitrogen functional groups attached to an aromatic ring is 1. The van der Waals surface area contributed by atoms with Crippen LogP contribution in [-0.2, 0) is 9.53 Å². The highest BCUT2D eigenvalue weighted by Crippen LogP contribution is 2.32. The van der Waals surface area contributed by atoms with Gasteiger partial charge in [0.15, 0.2) is 5.78 Å². The van der Waals surface area contributed by atoms with E-state index >= 15 is 0 Å². The van der Waals surface area contributed by atoms with Gasteiger partial charge < -0.3 is 20.7 Å². The van der Waals surface area contributed by atoms with Crippen molar-refractivity contribution >= 4 is 52.1 Å². The van der Waals surface area contributed by atoms with Crippen LogP contribution in [0, 0.1) is 5.92 Å². The zero-order valence-electron chi connectivity index (χ0n) is 21.0. The number of aromatic nitrogens is 1. The number of nitrogens with two attached hydrogens (primary N) is 1. The van der Waals surface area contributed by atoms with Crippen LogP contribution < -0.4 is 21.3 Å². The molecule has 1 saturated heterocycles. The molecule has 2 aromatic carbocycles. The van der Waals surface area contributed by atoms with Crippen molar-refractivity contribution in [1.82, 2.24) is 4.98 Å². The van der Waals surface area contributed by atoms with Gasteiger partial charge in [0.1, 0.15) is 0 Å². The molecule has 4 N–H and O–H groups in total. The van der Waals surface area contributed by atoms with E-state index in [1.54, 1.807) is 17.7 Å². The van der Waals surface area contributed by atoms with Crippen LogP contribution in [0.25, 0.3) is 0 Å². The number of pyridine rings is 1. The Morgan fingerprint density at radius 1 is 1.02 bits per heavy atom. The smallest absolute Gasteiger partial charge is 0.449 e. The van der Waals surface area contributed by atoms with Crippen LogP contribution in [-0.4, -0.2) is 48.6 Å². The molecule has 3 aromatic rings. The molecule has 40 heavy (non-hydrogen) atoms. The molecule has 1 aromatic heterocycles. The van der Waals surface area contributed by atoms with Crippen molar-refractivity contribution in [2.24, 2.45) is 5.92 Å². The number of anilines is 4. The second-order valence-electron chi connectivity index (χ2n) is 9.14. The van der Waals surface area contributed by atoms with Gasteiger partial charge in [-0.05, 0) is 67.3 Å². The third kappa shape index (κ3) is 7.20. The van der Waals surface area contributed by atoms with E-state index in [0.717, 1.165) is 43.8 Å². The number of nitrogens with one attached hydrogen (secondary N) is 2. The SMILES string of the molecule is Nc1cc(NC(=O)C(F)(F)F)cc(C(=O)c2ccc(Cl)cc2)c1NC(=O)OCC1CCN(c2ccncc2)CC1. The number of carbonyl (C=O) groups excluding carboxylic acids is 3. The molecule has 1 aliphatic rings. The number of rotatable bonds is 7. The summed E-state index contributed by atoms with van der Waals surface area (Å²) in [6, 6.07) is 11.6. The topological polar surface area (TPSA) is 127 Å². The van der Waals surface area contributed by atoms with E-state index in [2.05, 4.69) is 15.2 Å². The van der Waals surface area contributed by atoms with Gasteiger partial charge in [-0.2, -0.15) is 13.2 Å². The Bertz CT molecular complexity index is 1380. The fourth-order valence-corrected chi connectivity index (χ4v) is 4.38. The minimum atomic E-state index is -5.16. The molecule has 0 bridgehead atoms. The minimum Gasteiger partial charge on any atom is -0.449 e. The molecule has 9 nitrogen and oxygen atoms in total. The van der Waals surface area contributed by atoms with Gasteiger partial charge in [0, 0.05) is 47.4 Å². The summed E-state index contributed by atoms with van der Waals surface area (Å²) in [6.07, 6.45) is -1.03. The number of nitrogens with zero attached hydrogens (tertiary/aromatic N) is 2. The number of alkyl halides is 3. The molecule has 0 aliphatic carbocycles. The number of ketones is 1. The van der Waals surface area contributed by atoms with E-state index in [4.69, 9.17) is 22.1 Å². The van der Waals surface area contributed by atoms with E-state index in [1.165, 1.54) is 24.3 Å². The number of halogens is 4. The number of carbonyl (C=O) groups is 3. The molecule has 0 atom stereocenters. The first kappa shape index (κ1) is 28.7. The van der Waals surface area contributed by atoms with Crippen molar-refractivity contribution in [3.63, 3.8) is 0 Å². The molecule has 2 heterocycles. The maximum atomic E-state index is 13.3. The second-order valence-corrected chi connectivity index (χ2v) is 9.57. The van der Waals surface area contributed by atoms with Crippen LogP contribution in [0.1, 0.15) is 28.8 Å². The monoisotopic (exact) mass is 575 g/mol. The number of hydrogen-bond donors (Lipinski definition) is 3. The predicted molar refractivity (Wildman–Crippen MR) is 145 cm³/mol. The predicted octanol–water partition coefficient (Wildman–Crippen LogP) is 5.51. The summed E-state index contributed by atoms with van der Waals surface area (Å²) in [7, 11) is 0. The molecule has 0 unspecified atom stereocenters. The molecule has 210 valence electrons. The minimum absolute atomic E-state index is 0.108. The molecule has 4 rings (SSSR count). The zero-order valence-corrected chi connectivity index (χ0v) is 21.8. The molecular formula is C27H25ClF3N5O4. The van der Waals surface area contributed by atoms with Crippen molar-refractivity contribution in [1.29, 1.82) is 0 Å². The maximum absolute atomic E-state index is 13.3. The van der Waals surface area contributed by atoms with Gasteiger partial charge in [-0.15, -0.1) is 0 Å². The van der Waals surface area contributed by atoms with Crippen molar-refractivity contribution < 1.29 is 32.3 Å². The van der Waals surface area contributed by atoms with Crippen LogP contribution in [0.15, 0.2) is 60.9 Å². The standard InChI is InChI=1S/C27H25ClF3N5O4/c28-18-3-1-17(2-4-18)24(37)21-13-19(34-25(38)27(29,30)31)14-22(32)23(21)35-26(39)40-15-16-7-11-36(12-8-16)20-5-9-33-10-6-20/h1-6,9-10,13-14,16H,7-8,11-12,15,32H2,(H,34,38)(H,35,39). The number of amides is 2. The lowest BCUT2D eigenvalue weighted by molar-refractivity contribution is -0.167. The number of piperidine rings is 1. The largest absolute Gasteiger partial charge is 0.471 e. The van der Waals surface area contributed by atoms with E-state index in [1.807, 2.05) is 12.1 Å². The van der Waals surface area contributed by atoms with E-state index in [9.17, 15) is 27.6 Å². The highest BCUT2D eigenvalue weighted by atomic mass is 35.5. The molecule has 1 fully saturated rings. The third-order valence-corrected chi connectivity index (χ3v) is 6.61. The Morgan fingerprint density at radius 3 is 2.30 bits per heavy atom. The molecule has 0 spiro atoms. The fraction of sp³-hybridized carbons (Fsp3) is 0.259. The summed E-state index contributed by atoms with van der Waals surface area (Å²) in [5.74, 6) is -2.81. The van der Waals surface area contributed by atoms with Crippen LogP contribution in [0.3, 0.4) is 0 Å². The van der Waals surface area contributed by atoms with Crippen molar-refractivity contribution in [2.45, 2.75) is 19.0 Å². The van der Waals surface area contributed by atoms with Gasteiger partial charge in [0.2, 0.25) is 0 Å². The number of hydrogen-bond acceptors (Lipinski definition) is 7. The zero-order chi connectivity index (χ0) is 28.9. The van der Waals surface area contributed by atoms with Gasteiger partial charge in [-0.1, -0.05) is 11.6 Å². The summed E-state index contributed by atoms with van der Waals surface area (Å²) in [5, 5.41) is 4.47. The van der Waals surface area contributed by atoms with Crippen LogP contribution in [0.5, 0.6) is 0 Å². The Kier molecular flexibility index (Phi) is 8.78. The van der Waals surface area contributed by atoms with Gasteiger partial charge >= 0.3 is 18.2 Å². The average molecular weight is 576 g/mol. The molecule has 13 heteroatoms. The maximum Gasteiger partial charge on any atom is 0.471 e. The Balaban J connectivity index is 1.47. The fourth-order valence-electron chi connectivity index (χ4n) is 4.26. The highest BCUT2D eigenvalue weighted by molar-refractivity contribution is 6.30. The molecule has 1 aliphatic heterocycles. The highest BCUT2D eigenvalue weighted by Gasteiger charge is 2.39. The molecular weight excluding hydrogens is 551 g/mol. The van der Waals surface area contributed by atoms with Crippen molar-refractivity contribution in [3.05, 3.63) is 77.1 Å². The van der Waals surface area contributed by atoms with E-state index in [0.29, 0.717) is 5.02 Å². The van der Waals surface area contributed by atoms with Gasteiger partial charge in [0.25, 0.3) is 0 Å². The summed E-state index contributed by atoms with van der Waals surface area (Å²) in [5.41, 5.74) is 6.17. The summed E-state index contributed by atoms with van der Waals surface area (Å²) in [4.78, 5) is 43.7. The Labute approximate surface area is 232 Å². The van der Waals surface area contributed by atoms with Crippen LogP contribution in [0.4, 0.5) is 40.7 Å². The normalized spacial score (nSPS) is 13.9. The van der Waals surface area contributed by atoms with Crippen LogP contribution in [0.2, 0.25) is 5.02 Å². The lowest BCUT2D eigenvalue weighted by Crippen LogP contribution is -2.35. The Hall–Kier alpha value is -4.32. The average Bonchev–Trinajstić information content (AvgIpc) is 2.93. The van der Waals surface area contributed by atoms with E-state index in [-0.39, 0.29) is 40.7 Å². The number of benzene rings is 2. The first-order valence-electron chi connectivity index (χ1n) is 12.2. The first-order valence-corrected chi connectivity index (χ1v) is 12.6. The lowest BCUT2D eigenvalue weighted by atomic mass is 9.97. The summed E-state index contributed by atoms with van der Waals surface area (Å²) >= 11 is 5.89. The van der Waals surface area contributed by atoms with Crippen molar-refractivity contribution in [3.8, 4) is 0 Å². The van der Waals surface area contributed by atoms with Gasteiger partial charge in [-0.25, -0.2) is 4.79 Å². The molecule has 2 amide bonds. The molecule has 0 radical (unpaired) electrons. The molecule has 0 saturated carbocycles. The lowest BCUT2D eigenvalue weighted by Gasteiger charge is -2.33. The number of ether oxygens (including phenoxy) is 1. The summed E-state index contributed by atoms with van der Waals surface area (Å²) < 4.78 is 43.8. The Morgan fingerprint density at radius 2 is 1.68 bits per heavy atom. The van der Waals surface area contributed by atoms with Crippen LogP contribution >= 0.6 is 11.6 Å². The quantitative estimate of drug-likeness (QED) is 0.250. The van der Waals surface area contributed by atoms with E-state index < -0.39 is 24.0 Å². The first-order chi connectivity index (χ1) is 19.0. The van der Waals surface area contributed by atoms with Gasteiger partial charge in [0.05, 0.1) is 23.5 Å². The second kappa shape index (κ2) is 12.2. The third-order valence-electron chi connectivity index (χ3n) is 6.35. The van der Waals surface area contributed by atoms with Crippen molar-refractivity contribution in [2.75, 3.05) is 41.0 Å². The van der Waals surface area contributed by atoms with Gasteiger partial charge in [-0.3, -0.25) is 19.9 Å². The summed E-state index contributed by atoms with van der Waals surface area (Å²) in [6.45, 7) is 1.67.